The summed E-state index contributed by atoms with van der Waals surface area (Å²) in [6.07, 6.45) is 0.321. The lowest BCUT2D eigenvalue weighted by atomic mass is 9.89. The summed E-state index contributed by atoms with van der Waals surface area (Å²) in [5.74, 6) is -0.790. The zero-order chi connectivity index (χ0) is 19.0. The number of rotatable bonds is 3. The van der Waals surface area contributed by atoms with E-state index in [4.69, 9.17) is 4.74 Å². The Morgan fingerprint density at radius 2 is 1.85 bits per heavy atom. The van der Waals surface area contributed by atoms with Gasteiger partial charge in [-0.2, -0.15) is 0 Å². The third-order valence-corrected chi connectivity index (χ3v) is 5.49. The second-order valence-electron chi connectivity index (χ2n) is 6.70. The maximum absolute atomic E-state index is 13.6. The zero-order valence-corrected chi connectivity index (χ0v) is 15.8. The maximum atomic E-state index is 13.6. The Hall–Kier alpha value is -2.99. The summed E-state index contributed by atoms with van der Waals surface area (Å²) in [6.45, 7) is 3.55. The maximum Gasteiger partial charge on any atom is 0.339 e. The minimum Gasteiger partial charge on any atom is -0.445 e. The molecular weight excluding hydrogens is 360 g/mol. The van der Waals surface area contributed by atoms with E-state index in [1.165, 1.54) is 11.3 Å². The van der Waals surface area contributed by atoms with Crippen LogP contribution < -0.4 is 4.90 Å². The summed E-state index contributed by atoms with van der Waals surface area (Å²) >= 11 is 1.38. The van der Waals surface area contributed by atoms with Crippen LogP contribution in [-0.2, 0) is 16.0 Å². The van der Waals surface area contributed by atoms with Gasteiger partial charge in [-0.15, -0.1) is 11.3 Å². The number of benzene rings is 2. The summed E-state index contributed by atoms with van der Waals surface area (Å²) in [5, 5.41) is 2.45. The molecule has 1 aliphatic rings. The van der Waals surface area contributed by atoms with Crippen LogP contribution >= 0.6 is 11.3 Å². The molecule has 5 nitrogen and oxygen atoms in total. The molecular formula is C21H18N2O3S. The van der Waals surface area contributed by atoms with Crippen LogP contribution in [0.3, 0.4) is 0 Å². The summed E-state index contributed by atoms with van der Waals surface area (Å²) < 4.78 is 5.64. The van der Waals surface area contributed by atoms with E-state index < -0.39 is 11.6 Å². The number of amides is 1. The average molecular weight is 378 g/mol. The van der Waals surface area contributed by atoms with E-state index in [0.717, 1.165) is 11.3 Å². The lowest BCUT2D eigenvalue weighted by Crippen LogP contribution is -2.52. The number of hydrogen-bond donors (Lipinski definition) is 0. The highest BCUT2D eigenvalue weighted by molar-refractivity contribution is 7.14. The van der Waals surface area contributed by atoms with Crippen molar-refractivity contribution in [2.45, 2.75) is 25.9 Å². The molecule has 2 aromatic carbocycles. The van der Waals surface area contributed by atoms with Crippen molar-refractivity contribution in [3.05, 3.63) is 76.8 Å². The van der Waals surface area contributed by atoms with Crippen LogP contribution in [0.25, 0.3) is 0 Å². The number of aryl methyl sites for hydroxylation is 1. The van der Waals surface area contributed by atoms with Crippen molar-refractivity contribution in [3.63, 3.8) is 0 Å². The number of aromatic nitrogens is 1. The van der Waals surface area contributed by atoms with Crippen molar-refractivity contribution in [1.29, 1.82) is 0 Å². The van der Waals surface area contributed by atoms with E-state index in [1.807, 2.05) is 54.8 Å². The fourth-order valence-electron chi connectivity index (χ4n) is 3.22. The largest absolute Gasteiger partial charge is 0.445 e. The van der Waals surface area contributed by atoms with E-state index in [9.17, 15) is 9.59 Å². The Kier molecular flexibility index (Phi) is 4.28. The van der Waals surface area contributed by atoms with Crippen LogP contribution in [0.2, 0.25) is 0 Å². The van der Waals surface area contributed by atoms with Gasteiger partial charge in [0.1, 0.15) is 0 Å². The van der Waals surface area contributed by atoms with E-state index in [0.29, 0.717) is 22.8 Å². The molecule has 1 amide bonds. The minimum absolute atomic E-state index is 0.314. The Labute approximate surface area is 161 Å². The SMILES string of the molecule is Cc1csc(N(C(=O)C2(C)Cc3ccccc3C(=O)O2)c2ccccc2)n1. The summed E-state index contributed by atoms with van der Waals surface area (Å²) in [4.78, 5) is 32.1. The fraction of sp³-hybridized carbons (Fsp3) is 0.190. The first kappa shape index (κ1) is 17.4. The summed E-state index contributed by atoms with van der Waals surface area (Å²) in [6, 6.07) is 16.5. The van der Waals surface area contributed by atoms with Gasteiger partial charge in [0.25, 0.3) is 5.91 Å². The van der Waals surface area contributed by atoms with Crippen molar-refractivity contribution in [3.8, 4) is 0 Å². The number of ether oxygens (including phenoxy) is 1. The Balaban J connectivity index is 1.77. The van der Waals surface area contributed by atoms with Gasteiger partial charge < -0.3 is 4.74 Å². The zero-order valence-electron chi connectivity index (χ0n) is 15.0. The molecule has 0 aliphatic carbocycles. The topological polar surface area (TPSA) is 59.5 Å². The molecule has 0 fully saturated rings. The highest BCUT2D eigenvalue weighted by atomic mass is 32.1. The van der Waals surface area contributed by atoms with Crippen LogP contribution in [0.5, 0.6) is 0 Å². The van der Waals surface area contributed by atoms with Crippen LogP contribution in [-0.4, -0.2) is 22.5 Å². The number of esters is 1. The number of anilines is 2. The highest BCUT2D eigenvalue weighted by Crippen LogP contribution is 2.35. The van der Waals surface area contributed by atoms with Gasteiger partial charge in [-0.25, -0.2) is 9.78 Å². The molecule has 0 radical (unpaired) electrons. The summed E-state index contributed by atoms with van der Waals surface area (Å²) in [5.41, 5.74) is 1.54. The van der Waals surface area contributed by atoms with Gasteiger partial charge in [-0.1, -0.05) is 36.4 Å². The van der Waals surface area contributed by atoms with E-state index in [-0.39, 0.29) is 5.91 Å². The van der Waals surface area contributed by atoms with Crippen molar-refractivity contribution in [2.75, 3.05) is 4.90 Å². The van der Waals surface area contributed by atoms with Gasteiger partial charge in [0.05, 0.1) is 16.9 Å². The molecule has 0 saturated heterocycles. The molecule has 3 aromatic rings. The molecule has 0 bridgehead atoms. The molecule has 4 rings (SSSR count). The van der Waals surface area contributed by atoms with E-state index in [2.05, 4.69) is 4.98 Å². The average Bonchev–Trinajstić information content (AvgIpc) is 3.08. The van der Waals surface area contributed by atoms with Gasteiger partial charge in [0.15, 0.2) is 10.7 Å². The van der Waals surface area contributed by atoms with Crippen LogP contribution in [0.4, 0.5) is 10.8 Å². The number of cyclic esters (lactones) is 1. The lowest BCUT2D eigenvalue weighted by Gasteiger charge is -2.36. The molecule has 1 unspecified atom stereocenters. The van der Waals surface area contributed by atoms with Crippen LogP contribution in [0.1, 0.15) is 28.5 Å². The molecule has 1 atom stereocenters. The predicted octanol–water partition coefficient (Wildman–Crippen LogP) is 4.29. The van der Waals surface area contributed by atoms with E-state index in [1.54, 1.807) is 24.0 Å². The van der Waals surface area contributed by atoms with Gasteiger partial charge in [0, 0.05) is 11.8 Å². The molecule has 1 aromatic heterocycles. The van der Waals surface area contributed by atoms with Crippen LogP contribution in [0.15, 0.2) is 60.0 Å². The normalized spacial score (nSPS) is 18.5. The molecule has 0 spiro atoms. The second kappa shape index (κ2) is 6.63. The Morgan fingerprint density at radius 3 is 2.56 bits per heavy atom. The van der Waals surface area contributed by atoms with Crippen molar-refractivity contribution in [2.24, 2.45) is 0 Å². The third-order valence-electron chi connectivity index (χ3n) is 4.55. The number of para-hydroxylation sites is 1. The van der Waals surface area contributed by atoms with Gasteiger partial charge in [0.2, 0.25) is 0 Å². The first-order valence-electron chi connectivity index (χ1n) is 8.61. The molecule has 27 heavy (non-hydrogen) atoms. The van der Waals surface area contributed by atoms with Gasteiger partial charge >= 0.3 is 5.97 Å². The molecule has 0 N–H and O–H groups in total. The fourth-order valence-corrected chi connectivity index (χ4v) is 4.04. The molecule has 0 saturated carbocycles. The number of carbonyl (C=O) groups excluding carboxylic acids is 2. The quantitative estimate of drug-likeness (QED) is 0.638. The van der Waals surface area contributed by atoms with Crippen LogP contribution in [0, 0.1) is 6.92 Å². The first-order chi connectivity index (χ1) is 13.0. The third kappa shape index (κ3) is 3.13. The highest BCUT2D eigenvalue weighted by Gasteiger charge is 2.46. The van der Waals surface area contributed by atoms with Crippen molar-refractivity contribution in [1.82, 2.24) is 4.98 Å². The van der Waals surface area contributed by atoms with Crippen molar-refractivity contribution < 1.29 is 14.3 Å². The monoisotopic (exact) mass is 378 g/mol. The van der Waals surface area contributed by atoms with E-state index >= 15 is 0 Å². The molecule has 6 heteroatoms. The number of thiazole rings is 1. The molecule has 136 valence electrons. The van der Waals surface area contributed by atoms with Gasteiger partial charge in [-0.3, -0.25) is 9.69 Å². The molecule has 2 heterocycles. The number of carbonyl (C=O) groups is 2. The Bertz CT molecular complexity index is 1020. The second-order valence-corrected chi connectivity index (χ2v) is 7.54. The van der Waals surface area contributed by atoms with Crippen molar-refractivity contribution >= 4 is 34.0 Å². The Morgan fingerprint density at radius 1 is 1.15 bits per heavy atom. The lowest BCUT2D eigenvalue weighted by molar-refractivity contribution is -0.136. The number of hydrogen-bond acceptors (Lipinski definition) is 5. The predicted molar refractivity (Wildman–Crippen MR) is 104 cm³/mol. The number of nitrogens with zero attached hydrogens (tertiary/aromatic N) is 2. The summed E-state index contributed by atoms with van der Waals surface area (Å²) in [7, 11) is 0. The minimum atomic E-state index is -1.30. The smallest absolute Gasteiger partial charge is 0.339 e. The standard InChI is InChI=1S/C21H18N2O3S/c1-14-13-27-20(22-14)23(16-9-4-3-5-10-16)19(25)21(2)12-15-8-6-7-11-17(15)18(24)26-21/h3-11,13H,12H2,1-2H3. The first-order valence-corrected chi connectivity index (χ1v) is 9.49. The van der Waals surface area contributed by atoms with Gasteiger partial charge in [-0.05, 0) is 37.6 Å². The molecule has 1 aliphatic heterocycles. The number of fused-ring (bicyclic) bond motifs is 1.